The van der Waals surface area contributed by atoms with Crippen molar-refractivity contribution in [1.82, 2.24) is 4.57 Å². The molecule has 2 heterocycles. The van der Waals surface area contributed by atoms with Gasteiger partial charge in [0.05, 0.1) is 12.2 Å². The second-order valence-electron chi connectivity index (χ2n) is 4.90. The van der Waals surface area contributed by atoms with Crippen LogP contribution < -0.4 is 16.6 Å². The third kappa shape index (κ3) is 4.29. The van der Waals surface area contributed by atoms with Crippen molar-refractivity contribution in [2.24, 2.45) is 5.73 Å². The average molecular weight is 347 g/mol. The molecule has 1 aliphatic heterocycles. The first-order chi connectivity index (χ1) is 10.9. The third-order valence-corrected chi connectivity index (χ3v) is 4.25. The van der Waals surface area contributed by atoms with Gasteiger partial charge in [0.15, 0.2) is 11.9 Å². The molecule has 0 radical (unpaired) electrons. The molecule has 23 heavy (non-hydrogen) atoms. The van der Waals surface area contributed by atoms with E-state index >= 15 is 0 Å². The number of primary amides is 1. The Morgan fingerprint density at radius 1 is 1.48 bits per heavy atom. The van der Waals surface area contributed by atoms with Crippen molar-refractivity contribution in [2.45, 2.75) is 30.7 Å². The van der Waals surface area contributed by atoms with Crippen LogP contribution >= 0.6 is 12.0 Å². The maximum Gasteiger partial charge on any atom is 0.286 e. The number of hydrogen-bond acceptors (Lipinski definition) is 5. The van der Waals surface area contributed by atoms with E-state index in [0.29, 0.717) is 12.8 Å². The number of nitrogens with zero attached hydrogens (tertiary/aromatic N) is 1. The maximum atomic E-state index is 13.5. The molecular formula is C13H15F2N3O4S. The quantitative estimate of drug-likeness (QED) is 0.758. The zero-order valence-corrected chi connectivity index (χ0v) is 12.8. The van der Waals surface area contributed by atoms with E-state index < -0.39 is 41.2 Å². The maximum absolute atomic E-state index is 13.5. The first-order valence-corrected chi connectivity index (χ1v) is 7.61. The fourth-order valence-electron chi connectivity index (χ4n) is 2.05. The van der Waals surface area contributed by atoms with Crippen LogP contribution in [-0.4, -0.2) is 34.4 Å². The second-order valence-corrected chi connectivity index (χ2v) is 5.86. The summed E-state index contributed by atoms with van der Waals surface area (Å²) < 4.78 is 31.8. The van der Waals surface area contributed by atoms with E-state index in [4.69, 9.17) is 9.92 Å². The number of anilines is 1. The highest BCUT2D eigenvalue weighted by atomic mass is 32.2. The monoisotopic (exact) mass is 347 g/mol. The third-order valence-electron chi connectivity index (χ3n) is 3.22. The van der Waals surface area contributed by atoms with Gasteiger partial charge in [0.1, 0.15) is 11.9 Å². The van der Waals surface area contributed by atoms with E-state index in [-0.39, 0.29) is 12.2 Å². The molecule has 1 aromatic rings. The van der Waals surface area contributed by atoms with Crippen LogP contribution in [0.1, 0.15) is 12.8 Å². The van der Waals surface area contributed by atoms with Gasteiger partial charge in [0.2, 0.25) is 11.8 Å². The second kappa shape index (κ2) is 7.55. The molecule has 0 spiro atoms. The molecular weight excluding hydrogens is 332 g/mol. The predicted octanol–water partition coefficient (Wildman–Crippen LogP) is 0.576. The summed E-state index contributed by atoms with van der Waals surface area (Å²) in [5, 5.41) is 1.84. The van der Waals surface area contributed by atoms with Crippen molar-refractivity contribution in [3.8, 4) is 0 Å². The van der Waals surface area contributed by atoms with Gasteiger partial charge < -0.3 is 19.8 Å². The summed E-state index contributed by atoms with van der Waals surface area (Å²) >= 11 is 0.814. The van der Waals surface area contributed by atoms with Crippen LogP contribution in [0.4, 0.5) is 14.5 Å². The highest BCUT2D eigenvalue weighted by molar-refractivity contribution is 7.96. The number of aryl methyl sites for hydroxylation is 1. The zero-order chi connectivity index (χ0) is 17.0. The van der Waals surface area contributed by atoms with Gasteiger partial charge in [-0.2, -0.15) is 0 Å². The zero-order valence-electron chi connectivity index (χ0n) is 12.0. The summed E-state index contributed by atoms with van der Waals surface area (Å²) in [6.07, 6.45) is 1.09. The smallest absolute Gasteiger partial charge is 0.286 e. The molecule has 3 N–H and O–H groups in total. The SMILES string of the molecule is NC(=O)C1CCC(C(=O)Nc2cc(F)c(=O)n(CCF)c2)SO1. The van der Waals surface area contributed by atoms with Gasteiger partial charge >= 0.3 is 0 Å². The van der Waals surface area contributed by atoms with Gasteiger partial charge in [-0.05, 0) is 12.8 Å². The van der Waals surface area contributed by atoms with Crippen LogP contribution in [0.3, 0.4) is 0 Å². The number of hydrogen-bond donors (Lipinski definition) is 2. The van der Waals surface area contributed by atoms with Gasteiger partial charge in [-0.3, -0.25) is 14.4 Å². The van der Waals surface area contributed by atoms with E-state index in [9.17, 15) is 23.2 Å². The van der Waals surface area contributed by atoms with Gasteiger partial charge in [0.25, 0.3) is 5.56 Å². The summed E-state index contributed by atoms with van der Waals surface area (Å²) in [6.45, 7) is -1.14. The van der Waals surface area contributed by atoms with Gasteiger partial charge in [-0.15, -0.1) is 0 Å². The Balaban J connectivity index is 2.03. The molecule has 126 valence electrons. The summed E-state index contributed by atoms with van der Waals surface area (Å²) in [7, 11) is 0. The number of aromatic nitrogens is 1. The lowest BCUT2D eigenvalue weighted by Crippen LogP contribution is -2.37. The van der Waals surface area contributed by atoms with E-state index in [1.165, 1.54) is 6.20 Å². The Labute approximate surface area is 134 Å². The summed E-state index contributed by atoms with van der Waals surface area (Å²) in [4.78, 5) is 34.5. The molecule has 2 amide bonds. The van der Waals surface area contributed by atoms with Crippen molar-refractivity contribution in [3.63, 3.8) is 0 Å². The van der Waals surface area contributed by atoms with E-state index in [2.05, 4.69) is 5.32 Å². The Bertz CT molecular complexity index is 659. The van der Waals surface area contributed by atoms with Crippen LogP contribution in [0.5, 0.6) is 0 Å². The van der Waals surface area contributed by atoms with E-state index in [0.717, 1.165) is 22.7 Å². The first-order valence-electron chi connectivity index (χ1n) is 6.80. The Morgan fingerprint density at radius 2 is 2.22 bits per heavy atom. The molecule has 1 aromatic heterocycles. The molecule has 7 nitrogen and oxygen atoms in total. The number of amides is 2. The van der Waals surface area contributed by atoms with Crippen LogP contribution in [0.15, 0.2) is 17.1 Å². The standard InChI is InChI=1S/C13H15F2N3O4S/c14-3-4-18-6-7(5-8(15)13(18)21)17-12(20)10-2-1-9(11(16)19)22-23-10/h5-6,9-10H,1-4H2,(H2,16,19)(H,17,20). The predicted molar refractivity (Wildman–Crippen MR) is 79.9 cm³/mol. The van der Waals surface area contributed by atoms with Crippen molar-refractivity contribution >= 4 is 29.5 Å². The summed E-state index contributed by atoms with van der Waals surface area (Å²) in [5.74, 6) is -2.16. The first kappa shape index (κ1) is 17.4. The van der Waals surface area contributed by atoms with Crippen molar-refractivity contribution in [3.05, 3.63) is 28.4 Å². The minimum atomic E-state index is -1.09. The molecule has 0 bridgehead atoms. The fraction of sp³-hybridized carbons (Fsp3) is 0.462. The molecule has 0 aromatic carbocycles. The number of alkyl halides is 1. The number of carbonyl (C=O) groups is 2. The van der Waals surface area contributed by atoms with E-state index in [1.54, 1.807) is 0 Å². The number of nitrogens with two attached hydrogens (primary N) is 1. The minimum absolute atomic E-state index is 0.0400. The highest BCUT2D eigenvalue weighted by Gasteiger charge is 2.31. The Kier molecular flexibility index (Phi) is 5.72. The number of nitrogens with one attached hydrogen (secondary N) is 1. The number of pyridine rings is 1. The molecule has 0 aliphatic carbocycles. The van der Waals surface area contributed by atoms with E-state index in [1.807, 2.05) is 0 Å². The molecule has 1 saturated heterocycles. The summed E-state index contributed by atoms with van der Waals surface area (Å²) in [6, 6.07) is 0.871. The van der Waals surface area contributed by atoms with Crippen LogP contribution in [0.25, 0.3) is 0 Å². The van der Waals surface area contributed by atoms with Gasteiger partial charge in [-0.25, -0.2) is 8.78 Å². The molecule has 1 fully saturated rings. The lowest BCUT2D eigenvalue weighted by atomic mass is 10.1. The minimum Gasteiger partial charge on any atom is -0.367 e. The average Bonchev–Trinajstić information content (AvgIpc) is 2.52. The van der Waals surface area contributed by atoms with Crippen molar-refractivity contribution in [2.75, 3.05) is 12.0 Å². The molecule has 0 saturated carbocycles. The van der Waals surface area contributed by atoms with Crippen LogP contribution in [0, 0.1) is 5.82 Å². The van der Waals surface area contributed by atoms with Gasteiger partial charge in [0, 0.05) is 24.3 Å². The Hall–Kier alpha value is -1.94. The summed E-state index contributed by atoms with van der Waals surface area (Å²) in [5.41, 5.74) is 4.19. The lowest BCUT2D eigenvalue weighted by Gasteiger charge is -2.24. The van der Waals surface area contributed by atoms with Crippen LogP contribution in [-0.2, 0) is 20.3 Å². The van der Waals surface area contributed by atoms with Crippen molar-refractivity contribution < 1.29 is 22.6 Å². The van der Waals surface area contributed by atoms with Gasteiger partial charge in [-0.1, -0.05) is 0 Å². The van der Waals surface area contributed by atoms with Crippen molar-refractivity contribution in [1.29, 1.82) is 0 Å². The topological polar surface area (TPSA) is 103 Å². The number of halogens is 2. The highest BCUT2D eigenvalue weighted by Crippen LogP contribution is 2.29. The Morgan fingerprint density at radius 3 is 2.78 bits per heavy atom. The molecule has 2 atom stereocenters. The molecule has 2 unspecified atom stereocenters. The van der Waals surface area contributed by atoms with Crippen LogP contribution in [0.2, 0.25) is 0 Å². The number of carbonyl (C=O) groups excluding carboxylic acids is 2. The molecule has 1 aliphatic rings. The molecule has 10 heteroatoms. The number of rotatable bonds is 5. The largest absolute Gasteiger partial charge is 0.367 e. The normalized spacial score (nSPS) is 21.0. The fourth-order valence-corrected chi connectivity index (χ4v) is 2.88. The molecule has 2 rings (SSSR count). The lowest BCUT2D eigenvalue weighted by molar-refractivity contribution is -0.125.